The Labute approximate surface area is 275 Å². The standard InChI is InChI=1S/C21H17N5S.C13H7ClN4S/c1-13-3-4-16(9-14(13)2)24-20-5-6-21-23-12-17(26(21)25-20)19-10-15-11-22-8-7-18(15)27-19;14-12-1-2-13-16-7-9(18(13)17-12)11-5-8-6-15-4-3-10(8)19-11/h3-12H,1-2H3,(H,24,25);1-7H. The van der Waals surface area contributed by atoms with Crippen molar-refractivity contribution in [3.8, 4) is 21.1 Å². The SMILES string of the molecule is Cc1ccc(Nc2ccc3ncc(-c4cc5cnccc5s4)n3n2)cc1C.Clc1ccc2ncc(-c3cc4cnccc4s3)n2n1. The molecule has 0 saturated heterocycles. The van der Waals surface area contributed by atoms with Gasteiger partial charge in [0.2, 0.25) is 0 Å². The fraction of sp³-hybridized carbons (Fsp3) is 0.0588. The van der Waals surface area contributed by atoms with Crippen LogP contribution < -0.4 is 5.32 Å². The van der Waals surface area contributed by atoms with Gasteiger partial charge in [-0.25, -0.2) is 19.0 Å². The molecule has 224 valence electrons. The molecule has 1 N–H and O–H groups in total. The largest absolute Gasteiger partial charge is 0.339 e. The summed E-state index contributed by atoms with van der Waals surface area (Å²) in [5.74, 6) is 0.785. The summed E-state index contributed by atoms with van der Waals surface area (Å²) in [6, 6.07) is 22.1. The van der Waals surface area contributed by atoms with E-state index in [0.29, 0.717) is 5.15 Å². The van der Waals surface area contributed by atoms with Gasteiger partial charge in [-0.15, -0.1) is 27.8 Å². The van der Waals surface area contributed by atoms with Crippen molar-refractivity contribution in [2.45, 2.75) is 13.8 Å². The van der Waals surface area contributed by atoms with E-state index in [-0.39, 0.29) is 0 Å². The Hall–Kier alpha value is -5.23. The van der Waals surface area contributed by atoms with Crippen LogP contribution in [-0.4, -0.2) is 39.2 Å². The average molecular weight is 658 g/mol. The molecule has 9 rings (SSSR count). The highest BCUT2D eigenvalue weighted by atomic mass is 35.5. The number of benzene rings is 1. The lowest BCUT2D eigenvalue weighted by atomic mass is 10.1. The van der Waals surface area contributed by atoms with Crippen LogP contribution in [0.25, 0.3) is 52.6 Å². The van der Waals surface area contributed by atoms with Gasteiger partial charge in [0.05, 0.1) is 22.1 Å². The Balaban J connectivity index is 0.000000144. The number of pyridine rings is 2. The monoisotopic (exact) mass is 657 g/mol. The average Bonchev–Trinajstić information content (AvgIpc) is 3.86. The van der Waals surface area contributed by atoms with E-state index < -0.39 is 0 Å². The Kier molecular flexibility index (Phi) is 7.13. The van der Waals surface area contributed by atoms with Crippen LogP contribution in [0.5, 0.6) is 0 Å². The maximum absolute atomic E-state index is 5.95. The molecule has 0 aliphatic carbocycles. The van der Waals surface area contributed by atoms with E-state index >= 15 is 0 Å². The van der Waals surface area contributed by atoms with Gasteiger partial charge in [-0.3, -0.25) is 9.97 Å². The van der Waals surface area contributed by atoms with Crippen LogP contribution in [0.3, 0.4) is 0 Å². The van der Waals surface area contributed by atoms with Crippen molar-refractivity contribution in [1.29, 1.82) is 0 Å². The smallest absolute Gasteiger partial charge is 0.154 e. The number of anilines is 2. The van der Waals surface area contributed by atoms with Gasteiger partial charge in [0, 0.05) is 50.6 Å². The van der Waals surface area contributed by atoms with Gasteiger partial charge in [0.25, 0.3) is 0 Å². The van der Waals surface area contributed by atoms with Crippen LogP contribution in [0.1, 0.15) is 11.1 Å². The van der Waals surface area contributed by atoms with Gasteiger partial charge >= 0.3 is 0 Å². The van der Waals surface area contributed by atoms with Gasteiger partial charge in [0.1, 0.15) is 16.5 Å². The molecule has 0 unspecified atom stereocenters. The molecule has 0 aliphatic heterocycles. The third kappa shape index (κ3) is 5.34. The van der Waals surface area contributed by atoms with E-state index in [1.54, 1.807) is 39.5 Å². The van der Waals surface area contributed by atoms with Gasteiger partial charge in [0.15, 0.2) is 17.1 Å². The van der Waals surface area contributed by atoms with E-state index in [9.17, 15) is 0 Å². The lowest BCUT2D eigenvalue weighted by molar-refractivity contribution is 0.945. The third-order valence-corrected chi connectivity index (χ3v) is 10.1. The van der Waals surface area contributed by atoms with Crippen LogP contribution >= 0.6 is 34.3 Å². The summed E-state index contributed by atoms with van der Waals surface area (Å²) in [5.41, 5.74) is 7.10. The molecule has 9 aromatic rings. The highest BCUT2D eigenvalue weighted by molar-refractivity contribution is 7.22. The van der Waals surface area contributed by atoms with Crippen LogP contribution in [0.15, 0.2) is 104 Å². The molecule has 0 bridgehead atoms. The molecule has 8 heterocycles. The van der Waals surface area contributed by atoms with Crippen LogP contribution in [-0.2, 0) is 0 Å². The van der Waals surface area contributed by atoms with E-state index in [1.165, 1.54) is 20.5 Å². The number of aryl methyl sites for hydroxylation is 2. The van der Waals surface area contributed by atoms with E-state index in [2.05, 4.69) is 74.5 Å². The number of aromatic nitrogens is 8. The van der Waals surface area contributed by atoms with Gasteiger partial charge in [-0.1, -0.05) is 17.7 Å². The fourth-order valence-electron chi connectivity index (χ4n) is 5.12. The molecule has 0 atom stereocenters. The number of halogens is 1. The maximum Gasteiger partial charge on any atom is 0.154 e. The number of thiophene rings is 2. The number of nitrogens with one attached hydrogen (secondary N) is 1. The van der Waals surface area contributed by atoms with Gasteiger partial charge in [-0.05, 0) is 85.6 Å². The fourth-order valence-corrected chi connectivity index (χ4v) is 7.30. The molecule has 9 nitrogen and oxygen atoms in total. The van der Waals surface area contributed by atoms with Crippen molar-refractivity contribution < 1.29 is 0 Å². The summed E-state index contributed by atoms with van der Waals surface area (Å²) in [7, 11) is 0. The van der Waals surface area contributed by atoms with Crippen molar-refractivity contribution in [2.24, 2.45) is 0 Å². The minimum Gasteiger partial charge on any atom is -0.339 e. The Morgan fingerprint density at radius 1 is 0.630 bits per heavy atom. The molecular formula is C34H24ClN9S2. The zero-order chi connectivity index (χ0) is 31.2. The lowest BCUT2D eigenvalue weighted by Gasteiger charge is -2.08. The second kappa shape index (κ2) is 11.6. The quantitative estimate of drug-likeness (QED) is 0.202. The van der Waals surface area contributed by atoms with Gasteiger partial charge < -0.3 is 5.32 Å². The molecule has 46 heavy (non-hydrogen) atoms. The number of hydrogen-bond acceptors (Lipinski definition) is 9. The first kappa shape index (κ1) is 28.3. The predicted molar refractivity (Wildman–Crippen MR) is 187 cm³/mol. The van der Waals surface area contributed by atoms with Gasteiger partial charge in [-0.2, -0.15) is 5.10 Å². The molecular weight excluding hydrogens is 634 g/mol. The van der Waals surface area contributed by atoms with Crippen molar-refractivity contribution >= 4 is 77.2 Å². The molecule has 0 radical (unpaired) electrons. The Morgan fingerprint density at radius 2 is 1.24 bits per heavy atom. The van der Waals surface area contributed by atoms with Crippen molar-refractivity contribution in [1.82, 2.24) is 39.2 Å². The topological polar surface area (TPSA) is 98.2 Å². The molecule has 12 heteroatoms. The number of hydrogen-bond donors (Lipinski definition) is 1. The molecule has 0 spiro atoms. The first-order valence-electron chi connectivity index (χ1n) is 14.4. The molecule has 8 aromatic heterocycles. The summed E-state index contributed by atoms with van der Waals surface area (Å²) in [5, 5.41) is 15.2. The molecule has 1 aromatic carbocycles. The van der Waals surface area contributed by atoms with E-state index in [0.717, 1.165) is 54.7 Å². The van der Waals surface area contributed by atoms with E-state index in [1.807, 2.05) is 65.8 Å². The molecule has 0 amide bonds. The summed E-state index contributed by atoms with van der Waals surface area (Å²) in [6.07, 6.45) is 11.1. The molecule has 0 aliphatic rings. The second-order valence-electron chi connectivity index (χ2n) is 10.7. The summed E-state index contributed by atoms with van der Waals surface area (Å²) in [6.45, 7) is 4.23. The van der Waals surface area contributed by atoms with Crippen molar-refractivity contribution in [3.63, 3.8) is 0 Å². The lowest BCUT2D eigenvalue weighted by Crippen LogP contribution is -2.00. The number of fused-ring (bicyclic) bond motifs is 4. The maximum atomic E-state index is 5.95. The first-order chi connectivity index (χ1) is 22.5. The summed E-state index contributed by atoms with van der Waals surface area (Å²) >= 11 is 9.36. The number of nitrogens with zero attached hydrogens (tertiary/aromatic N) is 8. The summed E-state index contributed by atoms with van der Waals surface area (Å²) < 4.78 is 6.06. The van der Waals surface area contributed by atoms with Crippen LogP contribution in [0.4, 0.5) is 11.5 Å². The summed E-state index contributed by atoms with van der Waals surface area (Å²) in [4.78, 5) is 19.4. The minimum absolute atomic E-state index is 0.453. The second-order valence-corrected chi connectivity index (χ2v) is 13.2. The number of imidazole rings is 2. The normalized spacial score (nSPS) is 11.4. The predicted octanol–water partition coefficient (Wildman–Crippen LogP) is 9.03. The Bertz CT molecular complexity index is 2460. The minimum atomic E-state index is 0.453. The first-order valence-corrected chi connectivity index (χ1v) is 16.4. The molecule has 0 fully saturated rings. The van der Waals surface area contributed by atoms with E-state index in [4.69, 9.17) is 16.7 Å². The molecule has 0 saturated carbocycles. The highest BCUT2D eigenvalue weighted by Gasteiger charge is 2.13. The van der Waals surface area contributed by atoms with Crippen LogP contribution in [0.2, 0.25) is 5.15 Å². The zero-order valence-corrected chi connectivity index (χ0v) is 27.0. The van der Waals surface area contributed by atoms with Crippen LogP contribution in [0, 0.1) is 13.8 Å². The highest BCUT2D eigenvalue weighted by Crippen LogP contribution is 2.34. The van der Waals surface area contributed by atoms with Crippen molar-refractivity contribution in [2.75, 3.05) is 5.32 Å². The number of rotatable bonds is 4. The third-order valence-electron chi connectivity index (χ3n) is 7.61. The zero-order valence-electron chi connectivity index (χ0n) is 24.6. The Morgan fingerprint density at radius 3 is 1.85 bits per heavy atom. The van der Waals surface area contributed by atoms with Crippen molar-refractivity contribution in [3.05, 3.63) is 120 Å².